The third-order valence-corrected chi connectivity index (χ3v) is 3.34. The molecule has 2 rings (SSSR count). The van der Waals surface area contributed by atoms with Gasteiger partial charge in [0, 0.05) is 22.5 Å². The minimum absolute atomic E-state index is 0.130. The molecule has 0 spiro atoms. The molecule has 1 N–H and O–H groups in total. The van der Waals surface area contributed by atoms with Gasteiger partial charge in [0.2, 0.25) is 0 Å². The molecular weight excluding hydrogens is 269 g/mol. The number of nitrogens with one attached hydrogen (secondary N) is 1. The fraction of sp³-hybridized carbons (Fsp3) is 0.286. The van der Waals surface area contributed by atoms with Crippen molar-refractivity contribution in [2.75, 3.05) is 6.54 Å². The summed E-state index contributed by atoms with van der Waals surface area (Å²) in [6.07, 6.45) is 2.45. The van der Waals surface area contributed by atoms with Gasteiger partial charge >= 0.3 is 0 Å². The van der Waals surface area contributed by atoms with Crippen molar-refractivity contribution in [1.82, 2.24) is 5.32 Å². The van der Waals surface area contributed by atoms with Crippen LogP contribution in [0.3, 0.4) is 0 Å². The molecule has 0 amide bonds. The molecule has 0 aliphatic rings. The number of hydrogen-bond donors (Lipinski definition) is 1. The van der Waals surface area contributed by atoms with E-state index in [-0.39, 0.29) is 6.04 Å². The fourth-order valence-corrected chi connectivity index (χ4v) is 2.49. The molecule has 0 fully saturated rings. The second-order valence-electron chi connectivity index (χ2n) is 4.06. The quantitative estimate of drug-likeness (QED) is 0.875. The molecule has 1 unspecified atom stereocenters. The lowest BCUT2D eigenvalue weighted by Gasteiger charge is -2.18. The summed E-state index contributed by atoms with van der Waals surface area (Å²) in [5, 5.41) is 4.74. The van der Waals surface area contributed by atoms with Crippen LogP contribution in [-0.4, -0.2) is 6.54 Å². The molecule has 2 nitrogen and oxygen atoms in total. The van der Waals surface area contributed by atoms with Crippen molar-refractivity contribution >= 4 is 23.2 Å². The highest BCUT2D eigenvalue weighted by Crippen LogP contribution is 2.28. The highest BCUT2D eigenvalue weighted by molar-refractivity contribution is 6.35. The van der Waals surface area contributed by atoms with E-state index in [1.54, 1.807) is 12.3 Å². The van der Waals surface area contributed by atoms with Crippen LogP contribution < -0.4 is 5.32 Å². The van der Waals surface area contributed by atoms with Crippen LogP contribution in [0.15, 0.2) is 41.0 Å². The van der Waals surface area contributed by atoms with Crippen molar-refractivity contribution in [3.8, 4) is 0 Å². The zero-order valence-electron chi connectivity index (χ0n) is 10.1. The standard InChI is InChI=1S/C14H15Cl2NO/c1-2-17-14(9-11-4-3-7-18-11)12-6-5-10(15)8-13(12)16/h3-8,14,17H,2,9H2,1H3. The molecule has 0 saturated heterocycles. The lowest BCUT2D eigenvalue weighted by Crippen LogP contribution is -2.23. The lowest BCUT2D eigenvalue weighted by atomic mass is 10.0. The number of halogens is 2. The predicted molar refractivity (Wildman–Crippen MR) is 75.3 cm³/mol. The fourth-order valence-electron chi connectivity index (χ4n) is 1.95. The van der Waals surface area contributed by atoms with E-state index in [0.29, 0.717) is 10.0 Å². The summed E-state index contributed by atoms with van der Waals surface area (Å²) in [4.78, 5) is 0. The Bertz CT molecular complexity index is 497. The Kier molecular flexibility index (Phi) is 4.70. The van der Waals surface area contributed by atoms with Crippen LogP contribution in [0.1, 0.15) is 24.3 Å². The summed E-state index contributed by atoms with van der Waals surface area (Å²) in [5.74, 6) is 0.937. The topological polar surface area (TPSA) is 25.2 Å². The van der Waals surface area contributed by atoms with Gasteiger partial charge in [0.05, 0.1) is 6.26 Å². The smallest absolute Gasteiger partial charge is 0.105 e. The van der Waals surface area contributed by atoms with E-state index in [2.05, 4.69) is 12.2 Å². The molecule has 2 aromatic rings. The Morgan fingerprint density at radius 3 is 2.72 bits per heavy atom. The first kappa shape index (κ1) is 13.5. The first-order valence-electron chi connectivity index (χ1n) is 5.91. The summed E-state index contributed by atoms with van der Waals surface area (Å²) in [6, 6.07) is 9.57. The van der Waals surface area contributed by atoms with Crippen LogP contribution >= 0.6 is 23.2 Å². The van der Waals surface area contributed by atoms with Crippen LogP contribution in [0.4, 0.5) is 0 Å². The summed E-state index contributed by atoms with van der Waals surface area (Å²) in [5.41, 5.74) is 1.04. The number of likely N-dealkylation sites (N-methyl/N-ethyl adjacent to an activating group) is 1. The van der Waals surface area contributed by atoms with Crippen molar-refractivity contribution in [3.05, 3.63) is 58.0 Å². The van der Waals surface area contributed by atoms with E-state index in [1.807, 2.05) is 24.3 Å². The molecule has 1 aromatic carbocycles. The van der Waals surface area contributed by atoms with E-state index >= 15 is 0 Å². The van der Waals surface area contributed by atoms with Gasteiger partial charge in [0.25, 0.3) is 0 Å². The Hall–Kier alpha value is -0.960. The van der Waals surface area contributed by atoms with Crippen molar-refractivity contribution < 1.29 is 4.42 Å². The Morgan fingerprint density at radius 1 is 1.28 bits per heavy atom. The van der Waals surface area contributed by atoms with Gasteiger partial charge in [-0.25, -0.2) is 0 Å². The van der Waals surface area contributed by atoms with Crippen LogP contribution in [0.5, 0.6) is 0 Å². The molecule has 18 heavy (non-hydrogen) atoms. The van der Waals surface area contributed by atoms with Crippen LogP contribution in [0, 0.1) is 0 Å². The number of benzene rings is 1. The highest BCUT2D eigenvalue weighted by Gasteiger charge is 2.15. The van der Waals surface area contributed by atoms with Crippen LogP contribution in [-0.2, 0) is 6.42 Å². The largest absolute Gasteiger partial charge is 0.469 e. The SMILES string of the molecule is CCNC(Cc1ccco1)c1ccc(Cl)cc1Cl. The Labute approximate surface area is 117 Å². The molecule has 0 aliphatic heterocycles. The summed E-state index contributed by atoms with van der Waals surface area (Å²) in [6.45, 7) is 2.93. The number of furan rings is 1. The van der Waals surface area contributed by atoms with E-state index in [9.17, 15) is 0 Å². The van der Waals surface area contributed by atoms with Gasteiger partial charge in [0.15, 0.2) is 0 Å². The molecule has 1 aromatic heterocycles. The van der Waals surface area contributed by atoms with Crippen LogP contribution in [0.25, 0.3) is 0 Å². The van der Waals surface area contributed by atoms with Gasteiger partial charge in [-0.15, -0.1) is 0 Å². The zero-order chi connectivity index (χ0) is 13.0. The van der Waals surface area contributed by atoms with Crippen LogP contribution in [0.2, 0.25) is 10.0 Å². The normalized spacial score (nSPS) is 12.6. The average Bonchev–Trinajstić information content (AvgIpc) is 2.81. The lowest BCUT2D eigenvalue weighted by molar-refractivity contribution is 0.455. The molecule has 1 atom stereocenters. The summed E-state index contributed by atoms with van der Waals surface area (Å²) in [7, 11) is 0. The maximum atomic E-state index is 6.25. The van der Waals surface area contributed by atoms with E-state index in [1.165, 1.54) is 0 Å². The third-order valence-electron chi connectivity index (χ3n) is 2.77. The maximum Gasteiger partial charge on any atom is 0.105 e. The van der Waals surface area contributed by atoms with Crippen molar-refractivity contribution in [2.45, 2.75) is 19.4 Å². The van der Waals surface area contributed by atoms with Gasteiger partial charge in [0.1, 0.15) is 5.76 Å². The Morgan fingerprint density at radius 2 is 2.11 bits per heavy atom. The first-order valence-corrected chi connectivity index (χ1v) is 6.67. The van der Waals surface area contributed by atoms with Gasteiger partial charge in [-0.1, -0.05) is 36.2 Å². The van der Waals surface area contributed by atoms with Crippen molar-refractivity contribution in [3.63, 3.8) is 0 Å². The summed E-state index contributed by atoms with van der Waals surface area (Å²) >= 11 is 12.2. The first-order chi connectivity index (χ1) is 8.70. The van der Waals surface area contributed by atoms with Gasteiger partial charge in [-0.3, -0.25) is 0 Å². The highest BCUT2D eigenvalue weighted by atomic mass is 35.5. The molecule has 96 valence electrons. The maximum absolute atomic E-state index is 6.25. The molecule has 0 saturated carbocycles. The van der Waals surface area contributed by atoms with E-state index in [4.69, 9.17) is 27.6 Å². The second-order valence-corrected chi connectivity index (χ2v) is 4.90. The minimum Gasteiger partial charge on any atom is -0.469 e. The average molecular weight is 284 g/mol. The second kappa shape index (κ2) is 6.28. The van der Waals surface area contributed by atoms with Crippen molar-refractivity contribution in [2.24, 2.45) is 0 Å². The summed E-state index contributed by atoms with van der Waals surface area (Å²) < 4.78 is 5.39. The monoisotopic (exact) mass is 283 g/mol. The minimum atomic E-state index is 0.130. The van der Waals surface area contributed by atoms with Gasteiger partial charge in [-0.2, -0.15) is 0 Å². The Balaban J connectivity index is 2.23. The van der Waals surface area contributed by atoms with E-state index < -0.39 is 0 Å². The number of rotatable bonds is 5. The van der Waals surface area contributed by atoms with Gasteiger partial charge in [-0.05, 0) is 36.4 Å². The molecule has 4 heteroatoms. The molecule has 0 radical (unpaired) electrons. The van der Waals surface area contributed by atoms with Gasteiger partial charge < -0.3 is 9.73 Å². The number of hydrogen-bond acceptors (Lipinski definition) is 2. The van der Waals surface area contributed by atoms with E-state index in [0.717, 1.165) is 24.3 Å². The predicted octanol–water partition coefficient (Wildman–Crippen LogP) is 4.48. The van der Waals surface area contributed by atoms with Crippen molar-refractivity contribution in [1.29, 1.82) is 0 Å². The molecule has 0 bridgehead atoms. The molecule has 0 aliphatic carbocycles. The molecular formula is C14H15Cl2NO. The third kappa shape index (κ3) is 3.29. The molecule has 1 heterocycles. The zero-order valence-corrected chi connectivity index (χ0v) is 11.6.